The monoisotopic (exact) mass is 298 g/mol. The molecule has 0 amide bonds. The fraction of sp³-hybridized carbons (Fsp3) is 0.222. The second kappa shape index (κ2) is 6.29. The summed E-state index contributed by atoms with van der Waals surface area (Å²) in [6.45, 7) is 2.39. The van der Waals surface area contributed by atoms with Crippen molar-refractivity contribution in [2.24, 2.45) is 0 Å². The molecular formula is C18H18O2S. The van der Waals surface area contributed by atoms with E-state index in [0.29, 0.717) is 6.61 Å². The molecule has 21 heavy (non-hydrogen) atoms. The van der Waals surface area contributed by atoms with Gasteiger partial charge in [-0.1, -0.05) is 42.5 Å². The van der Waals surface area contributed by atoms with Gasteiger partial charge in [0.15, 0.2) is 0 Å². The van der Waals surface area contributed by atoms with E-state index < -0.39 is 6.10 Å². The molecule has 3 rings (SSSR count). The molecule has 108 valence electrons. The maximum atomic E-state index is 9.97. The van der Waals surface area contributed by atoms with Crippen LogP contribution < -0.4 is 4.74 Å². The second-order valence-electron chi connectivity index (χ2n) is 5.06. The first-order chi connectivity index (χ1) is 10.3. The number of hydrogen-bond acceptors (Lipinski definition) is 3. The molecule has 0 radical (unpaired) electrons. The molecule has 1 aromatic heterocycles. The quantitative estimate of drug-likeness (QED) is 0.747. The van der Waals surface area contributed by atoms with Crippen molar-refractivity contribution in [1.82, 2.24) is 0 Å². The first-order valence-electron chi connectivity index (χ1n) is 7.10. The highest BCUT2D eigenvalue weighted by atomic mass is 32.1. The summed E-state index contributed by atoms with van der Waals surface area (Å²) in [5.74, 6) is 0.805. The highest BCUT2D eigenvalue weighted by Crippen LogP contribution is 2.33. The number of rotatable bonds is 5. The Bertz CT molecular complexity index is 717. The van der Waals surface area contributed by atoms with Crippen molar-refractivity contribution in [2.45, 2.75) is 19.4 Å². The summed E-state index contributed by atoms with van der Waals surface area (Å²) in [6, 6.07) is 16.3. The average molecular weight is 298 g/mol. The summed E-state index contributed by atoms with van der Waals surface area (Å²) >= 11 is 1.74. The van der Waals surface area contributed by atoms with Gasteiger partial charge < -0.3 is 9.84 Å². The lowest BCUT2D eigenvalue weighted by atomic mass is 10.0. The van der Waals surface area contributed by atoms with Crippen LogP contribution in [0.2, 0.25) is 0 Å². The third-order valence-corrected chi connectivity index (χ3v) is 4.47. The normalized spacial score (nSPS) is 12.5. The highest BCUT2D eigenvalue weighted by Gasteiger charge is 2.13. The second-order valence-corrected chi connectivity index (χ2v) is 6.09. The molecule has 3 aromatic rings. The average Bonchev–Trinajstić information content (AvgIpc) is 3.00. The van der Waals surface area contributed by atoms with Crippen molar-refractivity contribution >= 4 is 22.1 Å². The lowest BCUT2D eigenvalue weighted by Crippen LogP contribution is -2.04. The lowest BCUT2D eigenvalue weighted by molar-refractivity contribution is 0.192. The standard InChI is InChI=1S/C18H18O2S/c1-13(19)16-9-8-14-5-2-3-7-17(14)18(16)20-11-10-15-6-4-12-21-15/h2-9,12-13,19H,10-11H2,1H3/t13-/m0/s1. The number of benzene rings is 2. The van der Waals surface area contributed by atoms with Crippen molar-refractivity contribution in [2.75, 3.05) is 6.61 Å². The van der Waals surface area contributed by atoms with Gasteiger partial charge in [0.05, 0.1) is 12.7 Å². The minimum atomic E-state index is -0.536. The molecule has 2 aromatic carbocycles. The zero-order valence-corrected chi connectivity index (χ0v) is 12.8. The molecule has 3 heteroatoms. The van der Waals surface area contributed by atoms with Gasteiger partial charge in [0.2, 0.25) is 0 Å². The number of thiophene rings is 1. The largest absolute Gasteiger partial charge is 0.492 e. The molecule has 0 aliphatic carbocycles. The highest BCUT2D eigenvalue weighted by molar-refractivity contribution is 7.09. The van der Waals surface area contributed by atoms with Gasteiger partial charge in [0, 0.05) is 22.2 Å². The van der Waals surface area contributed by atoms with Crippen LogP contribution in [0.5, 0.6) is 5.75 Å². The third kappa shape index (κ3) is 3.09. The van der Waals surface area contributed by atoms with Crippen LogP contribution >= 0.6 is 11.3 Å². The molecule has 0 aliphatic heterocycles. The summed E-state index contributed by atoms with van der Waals surface area (Å²) in [6.07, 6.45) is 0.353. The van der Waals surface area contributed by atoms with Crippen molar-refractivity contribution < 1.29 is 9.84 Å². The Kier molecular flexibility index (Phi) is 4.23. The van der Waals surface area contributed by atoms with Crippen molar-refractivity contribution in [3.63, 3.8) is 0 Å². The molecule has 0 unspecified atom stereocenters. The van der Waals surface area contributed by atoms with Gasteiger partial charge in [-0.3, -0.25) is 0 Å². The Hall–Kier alpha value is -1.84. The van der Waals surface area contributed by atoms with E-state index >= 15 is 0 Å². The molecule has 0 fully saturated rings. The van der Waals surface area contributed by atoms with Crippen molar-refractivity contribution in [3.05, 3.63) is 64.4 Å². The third-order valence-electron chi connectivity index (χ3n) is 3.54. The van der Waals surface area contributed by atoms with E-state index in [1.807, 2.05) is 30.3 Å². The summed E-state index contributed by atoms with van der Waals surface area (Å²) in [7, 11) is 0. The summed E-state index contributed by atoms with van der Waals surface area (Å²) < 4.78 is 6.03. The first-order valence-corrected chi connectivity index (χ1v) is 7.98. The first kappa shape index (κ1) is 14.1. The molecule has 1 atom stereocenters. The zero-order chi connectivity index (χ0) is 14.7. The Balaban J connectivity index is 1.89. The van der Waals surface area contributed by atoms with Gasteiger partial charge >= 0.3 is 0 Å². The maximum Gasteiger partial charge on any atom is 0.132 e. The molecule has 0 saturated carbocycles. The van der Waals surface area contributed by atoms with Gasteiger partial charge in [-0.2, -0.15) is 0 Å². The Morgan fingerprint density at radius 3 is 2.71 bits per heavy atom. The summed E-state index contributed by atoms with van der Waals surface area (Å²) in [5, 5.41) is 14.2. The van der Waals surface area contributed by atoms with Gasteiger partial charge in [-0.05, 0) is 23.8 Å². The topological polar surface area (TPSA) is 29.5 Å². The number of ether oxygens (including phenoxy) is 1. The number of hydrogen-bond donors (Lipinski definition) is 1. The van der Waals surface area contributed by atoms with Crippen LogP contribution in [0, 0.1) is 0 Å². The number of aliphatic hydroxyl groups excluding tert-OH is 1. The SMILES string of the molecule is C[C@H](O)c1ccc2ccccc2c1OCCc1cccs1. The minimum absolute atomic E-state index is 0.536. The number of aliphatic hydroxyl groups is 1. The molecule has 0 bridgehead atoms. The van der Waals surface area contributed by atoms with Crippen molar-refractivity contribution in [3.8, 4) is 5.75 Å². The van der Waals surface area contributed by atoms with Crippen LogP contribution in [0.15, 0.2) is 53.9 Å². The van der Waals surface area contributed by atoms with Crippen molar-refractivity contribution in [1.29, 1.82) is 0 Å². The van der Waals surface area contributed by atoms with E-state index in [9.17, 15) is 5.11 Å². The van der Waals surface area contributed by atoms with Crippen LogP contribution in [0.1, 0.15) is 23.5 Å². The fourth-order valence-electron chi connectivity index (χ4n) is 2.46. The smallest absolute Gasteiger partial charge is 0.132 e. The summed E-state index contributed by atoms with van der Waals surface area (Å²) in [5.41, 5.74) is 0.847. The molecule has 0 aliphatic rings. The van der Waals surface area contributed by atoms with Gasteiger partial charge in [0.25, 0.3) is 0 Å². The van der Waals surface area contributed by atoms with Gasteiger partial charge in [-0.25, -0.2) is 0 Å². The Labute approximate surface area is 128 Å². The van der Waals surface area contributed by atoms with E-state index in [2.05, 4.69) is 23.6 Å². The predicted molar refractivity (Wildman–Crippen MR) is 88.1 cm³/mol. The van der Waals surface area contributed by atoms with Gasteiger partial charge in [0.1, 0.15) is 5.75 Å². The van der Waals surface area contributed by atoms with Crippen LogP contribution in [0.3, 0.4) is 0 Å². The Morgan fingerprint density at radius 1 is 1.10 bits per heavy atom. The van der Waals surface area contributed by atoms with E-state index in [4.69, 9.17) is 4.74 Å². The molecule has 2 nitrogen and oxygen atoms in total. The van der Waals surface area contributed by atoms with E-state index in [-0.39, 0.29) is 0 Å². The molecule has 1 heterocycles. The Morgan fingerprint density at radius 2 is 1.95 bits per heavy atom. The van der Waals surface area contributed by atoms with E-state index in [1.54, 1.807) is 18.3 Å². The molecule has 1 N–H and O–H groups in total. The molecular weight excluding hydrogens is 280 g/mol. The van der Waals surface area contributed by atoms with E-state index in [0.717, 1.165) is 28.5 Å². The van der Waals surface area contributed by atoms with Gasteiger partial charge in [-0.15, -0.1) is 11.3 Å². The maximum absolute atomic E-state index is 9.97. The van der Waals surface area contributed by atoms with Crippen LogP contribution in [-0.4, -0.2) is 11.7 Å². The van der Waals surface area contributed by atoms with E-state index in [1.165, 1.54) is 4.88 Å². The number of fused-ring (bicyclic) bond motifs is 1. The van der Waals surface area contributed by atoms with Crippen LogP contribution in [0.25, 0.3) is 10.8 Å². The van der Waals surface area contributed by atoms with Crippen LogP contribution in [-0.2, 0) is 6.42 Å². The fourth-order valence-corrected chi connectivity index (χ4v) is 3.15. The molecule has 0 spiro atoms. The predicted octanol–water partition coefficient (Wildman–Crippen LogP) is 4.58. The summed E-state index contributed by atoms with van der Waals surface area (Å²) in [4.78, 5) is 1.31. The lowest BCUT2D eigenvalue weighted by Gasteiger charge is -2.16. The zero-order valence-electron chi connectivity index (χ0n) is 12.0. The minimum Gasteiger partial charge on any atom is -0.492 e. The molecule has 0 saturated heterocycles. The van der Waals surface area contributed by atoms with Crippen LogP contribution in [0.4, 0.5) is 0 Å².